The van der Waals surface area contributed by atoms with Crippen LogP contribution < -0.4 is 4.90 Å². The number of piperazine rings is 1. The van der Waals surface area contributed by atoms with Crippen LogP contribution in [-0.2, 0) is 26.7 Å². The average molecular weight is 381 g/mol. The minimum Gasteiger partial charge on any atom is -0.325 e. The van der Waals surface area contributed by atoms with Gasteiger partial charge in [-0.3, -0.25) is 14.3 Å². The van der Waals surface area contributed by atoms with E-state index in [0.29, 0.717) is 31.5 Å². The van der Waals surface area contributed by atoms with E-state index in [1.54, 1.807) is 33.9 Å². The molecule has 1 aliphatic carbocycles. The summed E-state index contributed by atoms with van der Waals surface area (Å²) in [7, 11) is -1.53. The number of nitrogens with zero attached hydrogens (tertiary/aromatic N) is 5. The summed E-state index contributed by atoms with van der Waals surface area (Å²) in [6.45, 7) is 2.31. The maximum atomic E-state index is 12.6. The normalized spacial score (nSPS) is 27.5. The van der Waals surface area contributed by atoms with Crippen molar-refractivity contribution in [1.82, 2.24) is 19.0 Å². The smallest absolute Gasteiger partial charge is 0.246 e. The van der Waals surface area contributed by atoms with Gasteiger partial charge in [-0.2, -0.15) is 9.40 Å². The Morgan fingerprint density at radius 3 is 2.62 bits per heavy atom. The average Bonchev–Trinajstić information content (AvgIpc) is 3.23. The summed E-state index contributed by atoms with van der Waals surface area (Å²) in [5, 5.41) is 3.84. The van der Waals surface area contributed by atoms with Crippen LogP contribution in [0.25, 0.3) is 0 Å². The van der Waals surface area contributed by atoms with Gasteiger partial charge in [-0.1, -0.05) is 0 Å². The first-order valence-corrected chi connectivity index (χ1v) is 10.3. The van der Waals surface area contributed by atoms with E-state index in [4.69, 9.17) is 0 Å². The van der Waals surface area contributed by atoms with Crippen molar-refractivity contribution >= 4 is 27.5 Å². The number of anilines is 1. The molecule has 10 heteroatoms. The van der Waals surface area contributed by atoms with Crippen molar-refractivity contribution in [2.45, 2.75) is 37.0 Å². The first-order chi connectivity index (χ1) is 12.2. The van der Waals surface area contributed by atoms with E-state index < -0.39 is 15.6 Å². The van der Waals surface area contributed by atoms with E-state index in [1.807, 2.05) is 0 Å². The molecule has 1 aromatic heterocycles. The second-order valence-electron chi connectivity index (χ2n) is 7.51. The van der Waals surface area contributed by atoms with Crippen LogP contribution in [0.2, 0.25) is 0 Å². The fourth-order valence-corrected chi connectivity index (χ4v) is 5.97. The van der Waals surface area contributed by atoms with Crippen molar-refractivity contribution in [1.29, 1.82) is 0 Å². The molecule has 0 radical (unpaired) electrons. The van der Waals surface area contributed by atoms with Gasteiger partial charge in [0.2, 0.25) is 21.8 Å². The minimum absolute atomic E-state index is 0.0401. The van der Waals surface area contributed by atoms with Crippen molar-refractivity contribution in [3.05, 3.63) is 12.4 Å². The molecule has 9 nitrogen and oxygen atoms in total. The summed E-state index contributed by atoms with van der Waals surface area (Å²) in [5.41, 5.74) is -0.0130. The van der Waals surface area contributed by atoms with Crippen LogP contribution in [0.4, 0.5) is 5.69 Å². The number of amides is 2. The Labute approximate surface area is 152 Å². The van der Waals surface area contributed by atoms with Gasteiger partial charge in [0.1, 0.15) is 6.54 Å². The van der Waals surface area contributed by atoms with Gasteiger partial charge in [-0.25, -0.2) is 8.42 Å². The lowest BCUT2D eigenvalue weighted by Gasteiger charge is -2.47. The Morgan fingerprint density at radius 1 is 1.31 bits per heavy atom. The number of hydrogen-bond donors (Lipinski definition) is 0. The topological polar surface area (TPSA) is 95.8 Å². The van der Waals surface area contributed by atoms with Crippen LogP contribution in [0.3, 0.4) is 0 Å². The van der Waals surface area contributed by atoms with Crippen molar-refractivity contribution in [3.8, 4) is 0 Å². The maximum Gasteiger partial charge on any atom is 0.246 e. The van der Waals surface area contributed by atoms with Crippen molar-refractivity contribution in [2.24, 2.45) is 7.05 Å². The largest absolute Gasteiger partial charge is 0.325 e. The van der Waals surface area contributed by atoms with Gasteiger partial charge in [-0.15, -0.1) is 0 Å². The van der Waals surface area contributed by atoms with E-state index in [2.05, 4.69) is 5.10 Å². The van der Waals surface area contributed by atoms with Gasteiger partial charge >= 0.3 is 0 Å². The third-order valence-corrected chi connectivity index (χ3v) is 7.95. The van der Waals surface area contributed by atoms with E-state index in [0.717, 1.165) is 0 Å². The number of aromatic nitrogens is 2. The van der Waals surface area contributed by atoms with Gasteiger partial charge in [0.05, 0.1) is 29.2 Å². The van der Waals surface area contributed by atoms with Crippen LogP contribution in [-0.4, -0.2) is 76.2 Å². The fraction of sp³-hybridized carbons (Fsp3) is 0.688. The molecule has 1 atom stereocenters. The Balaban J connectivity index is 1.65. The first kappa shape index (κ1) is 17.5. The maximum absolute atomic E-state index is 12.6. The molecule has 3 heterocycles. The van der Waals surface area contributed by atoms with Crippen LogP contribution in [0.5, 0.6) is 0 Å². The van der Waals surface area contributed by atoms with Crippen molar-refractivity contribution in [2.75, 3.05) is 31.1 Å². The molecule has 0 aromatic carbocycles. The highest BCUT2D eigenvalue weighted by Gasteiger charge is 2.54. The fourth-order valence-electron chi connectivity index (χ4n) is 4.05. The highest BCUT2D eigenvalue weighted by atomic mass is 32.2. The van der Waals surface area contributed by atoms with E-state index in [9.17, 15) is 18.0 Å². The summed E-state index contributed by atoms with van der Waals surface area (Å²) in [6, 6.07) is 0. The number of carbonyl (C=O) groups is 2. The van der Waals surface area contributed by atoms with Gasteiger partial charge in [0, 0.05) is 33.3 Å². The lowest BCUT2D eigenvalue weighted by molar-refractivity contribution is -0.142. The second-order valence-corrected chi connectivity index (χ2v) is 9.72. The Bertz CT molecular complexity index is 862. The molecular formula is C16H23N5O4S. The molecule has 2 aliphatic heterocycles. The summed E-state index contributed by atoms with van der Waals surface area (Å²) in [4.78, 5) is 28.0. The molecular weight excluding hydrogens is 358 g/mol. The van der Waals surface area contributed by atoms with Crippen LogP contribution in [0.15, 0.2) is 12.4 Å². The van der Waals surface area contributed by atoms with Gasteiger partial charge < -0.3 is 9.80 Å². The molecule has 1 unspecified atom stereocenters. The Kier molecular flexibility index (Phi) is 3.88. The zero-order valence-corrected chi connectivity index (χ0v) is 15.8. The third kappa shape index (κ3) is 2.71. The Morgan fingerprint density at radius 2 is 2.04 bits per heavy atom. The zero-order chi connectivity index (χ0) is 18.7. The van der Waals surface area contributed by atoms with E-state index in [-0.39, 0.29) is 36.7 Å². The van der Waals surface area contributed by atoms with Crippen molar-refractivity contribution in [3.63, 3.8) is 0 Å². The summed E-state index contributed by atoms with van der Waals surface area (Å²) in [6.07, 6.45) is 5.32. The number of aryl methyl sites for hydroxylation is 1. The highest BCUT2D eigenvalue weighted by Crippen LogP contribution is 2.39. The van der Waals surface area contributed by atoms with Crippen LogP contribution in [0, 0.1) is 0 Å². The van der Waals surface area contributed by atoms with Gasteiger partial charge in [-0.05, 0) is 19.3 Å². The van der Waals surface area contributed by atoms with Gasteiger partial charge in [0.25, 0.3) is 0 Å². The summed E-state index contributed by atoms with van der Waals surface area (Å²) < 4.78 is 28.4. The SMILES string of the molecule is CC(=O)N1CC(=O)N(c2cnn(C)c2)CC12CCN(S(=O)(=O)C1CC1)C2. The molecule has 1 saturated carbocycles. The molecule has 0 N–H and O–H groups in total. The first-order valence-electron chi connectivity index (χ1n) is 8.79. The predicted octanol–water partition coefficient (Wildman–Crippen LogP) is -0.448. The van der Waals surface area contributed by atoms with Crippen molar-refractivity contribution < 1.29 is 18.0 Å². The molecule has 3 fully saturated rings. The highest BCUT2D eigenvalue weighted by molar-refractivity contribution is 7.90. The molecule has 1 aromatic rings. The molecule has 2 amide bonds. The Hall–Kier alpha value is -1.94. The lowest BCUT2D eigenvalue weighted by atomic mass is 9.92. The van der Waals surface area contributed by atoms with Crippen LogP contribution in [0.1, 0.15) is 26.2 Å². The number of rotatable bonds is 3. The monoisotopic (exact) mass is 381 g/mol. The second kappa shape index (κ2) is 5.78. The van der Waals surface area contributed by atoms with Crippen LogP contribution >= 0.6 is 0 Å². The standard InChI is InChI=1S/C16H23N5O4S/c1-12(22)21-9-15(23)20(13-7-17-18(2)8-13)11-16(21)5-6-19(10-16)26(24,25)14-3-4-14/h7-8,14H,3-6,9-11H2,1-2H3. The molecule has 1 spiro atoms. The quantitative estimate of drug-likeness (QED) is 0.707. The van der Waals surface area contributed by atoms with E-state index in [1.165, 1.54) is 11.2 Å². The predicted molar refractivity (Wildman–Crippen MR) is 93.8 cm³/mol. The molecule has 26 heavy (non-hydrogen) atoms. The molecule has 142 valence electrons. The summed E-state index contributed by atoms with van der Waals surface area (Å²) in [5.74, 6) is -0.378. The summed E-state index contributed by atoms with van der Waals surface area (Å²) >= 11 is 0. The number of carbonyl (C=O) groups excluding carboxylic acids is 2. The molecule has 4 rings (SSSR count). The van der Waals surface area contributed by atoms with Gasteiger partial charge in [0.15, 0.2) is 0 Å². The third-order valence-electron chi connectivity index (χ3n) is 5.61. The molecule has 3 aliphatic rings. The lowest BCUT2D eigenvalue weighted by Crippen LogP contribution is -2.67. The number of sulfonamides is 1. The minimum atomic E-state index is -3.31. The molecule has 2 saturated heterocycles. The number of hydrogen-bond acceptors (Lipinski definition) is 5. The molecule has 0 bridgehead atoms. The zero-order valence-electron chi connectivity index (χ0n) is 15.0. The van der Waals surface area contributed by atoms with E-state index >= 15 is 0 Å².